The van der Waals surface area contributed by atoms with Crippen LogP contribution in [0, 0.1) is 6.92 Å². The molecule has 40 heavy (non-hydrogen) atoms. The van der Waals surface area contributed by atoms with Crippen molar-refractivity contribution in [2.45, 2.75) is 59.2 Å². The van der Waals surface area contributed by atoms with Crippen LogP contribution in [0.2, 0.25) is 5.02 Å². The van der Waals surface area contributed by atoms with E-state index in [1.165, 1.54) is 0 Å². The van der Waals surface area contributed by atoms with Gasteiger partial charge in [0.15, 0.2) is 6.10 Å². The van der Waals surface area contributed by atoms with Crippen LogP contribution in [0.3, 0.4) is 0 Å². The molecular formula is C32H34ClN3O4. The number of benzene rings is 2. The SMILES string of the molecule is CC(=O)N1CCCc2ccc(-c3cc4c(-c5ccc(Cl)cc5)c([C@H](OC(C)(C)C)C(=O)O)c(C)nc4n3C)cc21. The number of rotatable bonds is 5. The summed E-state index contributed by atoms with van der Waals surface area (Å²) in [7, 11) is 1.96. The largest absolute Gasteiger partial charge is 0.479 e. The summed E-state index contributed by atoms with van der Waals surface area (Å²) in [6.45, 7) is 9.65. The molecule has 1 amide bonds. The third-order valence-electron chi connectivity index (χ3n) is 7.37. The van der Waals surface area contributed by atoms with E-state index in [0.717, 1.165) is 57.5 Å². The number of hydrogen-bond donors (Lipinski definition) is 1. The summed E-state index contributed by atoms with van der Waals surface area (Å²) in [6.07, 6.45) is 0.653. The normalized spacial score (nSPS) is 14.3. The molecule has 1 aliphatic rings. The highest BCUT2D eigenvalue weighted by Gasteiger charge is 2.33. The van der Waals surface area contributed by atoms with E-state index in [1.807, 2.05) is 62.4 Å². The first-order valence-corrected chi connectivity index (χ1v) is 13.8. The molecule has 2 aromatic carbocycles. The van der Waals surface area contributed by atoms with Crippen LogP contribution in [0.5, 0.6) is 0 Å². The molecule has 7 nitrogen and oxygen atoms in total. The summed E-state index contributed by atoms with van der Waals surface area (Å²) in [5, 5.41) is 11.7. The minimum atomic E-state index is -1.22. The maximum atomic E-state index is 12.6. The van der Waals surface area contributed by atoms with E-state index in [1.54, 1.807) is 19.1 Å². The van der Waals surface area contributed by atoms with E-state index in [2.05, 4.69) is 18.2 Å². The second-order valence-corrected chi connectivity index (χ2v) is 11.8. The van der Waals surface area contributed by atoms with Gasteiger partial charge in [-0.1, -0.05) is 35.9 Å². The maximum Gasteiger partial charge on any atom is 0.337 e. The van der Waals surface area contributed by atoms with Crippen molar-refractivity contribution in [3.8, 4) is 22.4 Å². The van der Waals surface area contributed by atoms with E-state index in [4.69, 9.17) is 21.3 Å². The molecule has 8 heteroatoms. The minimum Gasteiger partial charge on any atom is -0.479 e. The lowest BCUT2D eigenvalue weighted by Gasteiger charge is -2.29. The van der Waals surface area contributed by atoms with E-state index < -0.39 is 17.7 Å². The lowest BCUT2D eigenvalue weighted by atomic mass is 9.92. The number of carbonyl (C=O) groups is 2. The quantitative estimate of drug-likeness (QED) is 0.282. The molecule has 0 spiro atoms. The molecule has 5 rings (SSSR count). The monoisotopic (exact) mass is 559 g/mol. The number of aliphatic carboxylic acids is 1. The Bertz CT molecular complexity index is 1630. The Kier molecular flexibility index (Phi) is 7.23. The van der Waals surface area contributed by atoms with Crippen molar-refractivity contribution in [2.24, 2.45) is 7.05 Å². The van der Waals surface area contributed by atoms with Crippen molar-refractivity contribution in [3.05, 3.63) is 70.4 Å². The Morgan fingerprint density at radius 3 is 2.38 bits per heavy atom. The van der Waals surface area contributed by atoms with Crippen LogP contribution < -0.4 is 4.90 Å². The van der Waals surface area contributed by atoms with Gasteiger partial charge in [-0.2, -0.15) is 0 Å². The molecule has 0 unspecified atom stereocenters. The highest BCUT2D eigenvalue weighted by molar-refractivity contribution is 6.30. The number of carboxylic acids is 1. The van der Waals surface area contributed by atoms with Gasteiger partial charge in [0.2, 0.25) is 5.91 Å². The fourth-order valence-electron chi connectivity index (χ4n) is 5.63. The van der Waals surface area contributed by atoms with Crippen molar-refractivity contribution in [3.63, 3.8) is 0 Å². The number of hydrogen-bond acceptors (Lipinski definition) is 4. The Morgan fingerprint density at radius 1 is 1.07 bits per heavy atom. The zero-order valence-electron chi connectivity index (χ0n) is 23.7. The molecule has 0 radical (unpaired) electrons. The predicted molar refractivity (Wildman–Crippen MR) is 159 cm³/mol. The number of nitrogens with zero attached hydrogens (tertiary/aromatic N) is 3. The highest BCUT2D eigenvalue weighted by atomic mass is 35.5. The summed E-state index contributed by atoms with van der Waals surface area (Å²) in [4.78, 5) is 31.7. The van der Waals surface area contributed by atoms with Gasteiger partial charge in [0.05, 0.1) is 11.3 Å². The molecule has 0 fully saturated rings. The number of ether oxygens (including phenoxy) is 1. The summed E-state index contributed by atoms with van der Waals surface area (Å²) < 4.78 is 8.13. The number of pyridine rings is 1. The van der Waals surface area contributed by atoms with Gasteiger partial charge < -0.3 is 19.3 Å². The molecule has 2 aromatic heterocycles. The lowest BCUT2D eigenvalue weighted by Crippen LogP contribution is -2.33. The minimum absolute atomic E-state index is 0.0284. The molecular weight excluding hydrogens is 526 g/mol. The van der Waals surface area contributed by atoms with E-state index >= 15 is 0 Å². The van der Waals surface area contributed by atoms with Gasteiger partial charge in [0, 0.05) is 59.0 Å². The van der Waals surface area contributed by atoms with Crippen LogP contribution in [0.1, 0.15) is 57.0 Å². The first-order valence-electron chi connectivity index (χ1n) is 13.4. The Balaban J connectivity index is 1.79. The lowest BCUT2D eigenvalue weighted by molar-refractivity contribution is -0.160. The summed E-state index contributed by atoms with van der Waals surface area (Å²) in [6, 6.07) is 15.7. The fraction of sp³-hybridized carbons (Fsp3) is 0.344. The van der Waals surface area contributed by atoms with Crippen LogP contribution >= 0.6 is 11.6 Å². The number of aryl methyl sites for hydroxylation is 3. The van der Waals surface area contributed by atoms with Crippen LogP contribution in [0.15, 0.2) is 48.5 Å². The zero-order chi connectivity index (χ0) is 28.9. The van der Waals surface area contributed by atoms with E-state index in [9.17, 15) is 14.7 Å². The average molecular weight is 560 g/mol. The summed E-state index contributed by atoms with van der Waals surface area (Å²) >= 11 is 6.23. The Labute approximate surface area is 239 Å². The molecule has 1 aliphatic heterocycles. The molecule has 208 valence electrons. The number of carboxylic acid groups (broad SMARTS) is 1. The Morgan fingerprint density at radius 2 is 1.75 bits per heavy atom. The van der Waals surface area contributed by atoms with Crippen molar-refractivity contribution < 1.29 is 19.4 Å². The molecule has 3 heterocycles. The van der Waals surface area contributed by atoms with E-state index in [-0.39, 0.29) is 5.91 Å². The topological polar surface area (TPSA) is 84.7 Å². The highest BCUT2D eigenvalue weighted by Crippen LogP contribution is 2.42. The van der Waals surface area contributed by atoms with Crippen LogP contribution in [0.4, 0.5) is 5.69 Å². The first-order chi connectivity index (χ1) is 18.9. The maximum absolute atomic E-state index is 12.6. The molecule has 4 aromatic rings. The number of aromatic nitrogens is 2. The third kappa shape index (κ3) is 5.11. The molecule has 0 saturated heterocycles. The first kappa shape index (κ1) is 27.9. The number of carbonyl (C=O) groups excluding carboxylic acids is 1. The van der Waals surface area contributed by atoms with Gasteiger partial charge in [-0.15, -0.1) is 0 Å². The van der Waals surface area contributed by atoms with Crippen molar-refractivity contribution in [1.29, 1.82) is 0 Å². The standard InChI is InChI=1S/C32H34ClN3O4/c1-18-27(29(31(38)39)40-32(3,4)5)28(21-11-13-23(33)14-12-21)24-17-25(35(6)30(24)34-18)22-10-9-20-8-7-15-36(19(2)37)26(20)16-22/h9-14,16-17,29H,7-8,15H2,1-6H3,(H,38,39)/t29-/m0/s1. The van der Waals surface area contributed by atoms with Crippen molar-refractivity contribution >= 4 is 40.2 Å². The number of fused-ring (bicyclic) bond motifs is 2. The van der Waals surface area contributed by atoms with Gasteiger partial charge in [-0.3, -0.25) is 4.79 Å². The van der Waals surface area contributed by atoms with Gasteiger partial charge in [-0.05, 0) is 75.9 Å². The molecule has 0 bridgehead atoms. The van der Waals surface area contributed by atoms with Gasteiger partial charge in [-0.25, -0.2) is 9.78 Å². The van der Waals surface area contributed by atoms with Gasteiger partial charge in [0.25, 0.3) is 0 Å². The number of anilines is 1. The van der Waals surface area contributed by atoms with E-state index in [0.29, 0.717) is 22.8 Å². The van der Waals surface area contributed by atoms with Crippen molar-refractivity contribution in [1.82, 2.24) is 9.55 Å². The molecule has 1 atom stereocenters. The van der Waals surface area contributed by atoms with Crippen LogP contribution in [-0.4, -0.2) is 38.7 Å². The average Bonchev–Trinajstić information content (AvgIpc) is 3.21. The molecule has 1 N–H and O–H groups in total. The van der Waals surface area contributed by atoms with Gasteiger partial charge >= 0.3 is 5.97 Å². The molecule has 0 saturated carbocycles. The third-order valence-corrected chi connectivity index (χ3v) is 7.63. The van der Waals surface area contributed by atoms with Gasteiger partial charge in [0.1, 0.15) is 5.65 Å². The summed E-state index contributed by atoms with van der Waals surface area (Å²) in [5.74, 6) is -1.05. The van der Waals surface area contributed by atoms with Crippen molar-refractivity contribution in [2.75, 3.05) is 11.4 Å². The molecule has 0 aliphatic carbocycles. The fourth-order valence-corrected chi connectivity index (χ4v) is 5.76. The summed E-state index contributed by atoms with van der Waals surface area (Å²) in [5.41, 5.74) is 6.66. The van der Waals surface area contributed by atoms with Crippen LogP contribution in [0.25, 0.3) is 33.4 Å². The number of amides is 1. The Hall–Kier alpha value is -3.68. The zero-order valence-corrected chi connectivity index (χ0v) is 24.5. The predicted octanol–water partition coefficient (Wildman–Crippen LogP) is 7.11. The number of halogens is 1. The smallest absolute Gasteiger partial charge is 0.337 e. The second-order valence-electron chi connectivity index (χ2n) is 11.4. The second kappa shape index (κ2) is 10.4. The van der Waals surface area contributed by atoms with Crippen LogP contribution in [-0.2, 0) is 27.8 Å².